The standard InChI is InChI=1S/C17H22N2/c1-2-9-17-15(6-1)7-5-8-16(17)14-18-10-13-19-11-3-4-12-19/h1-2,5-9,18H,3-4,10-14H2. The molecule has 0 amide bonds. The van der Waals surface area contributed by atoms with Crippen molar-refractivity contribution >= 4 is 10.8 Å². The lowest BCUT2D eigenvalue weighted by Crippen LogP contribution is -2.29. The molecule has 19 heavy (non-hydrogen) atoms. The lowest BCUT2D eigenvalue weighted by molar-refractivity contribution is 0.336. The summed E-state index contributed by atoms with van der Waals surface area (Å²) in [5, 5.41) is 6.29. The van der Waals surface area contributed by atoms with Gasteiger partial charge in [0.05, 0.1) is 0 Å². The quantitative estimate of drug-likeness (QED) is 0.825. The maximum absolute atomic E-state index is 3.58. The highest BCUT2D eigenvalue weighted by molar-refractivity contribution is 5.85. The maximum Gasteiger partial charge on any atom is 0.0212 e. The molecule has 1 heterocycles. The van der Waals surface area contributed by atoms with Crippen LogP contribution >= 0.6 is 0 Å². The van der Waals surface area contributed by atoms with Gasteiger partial charge in [-0.05, 0) is 42.3 Å². The maximum atomic E-state index is 3.58. The molecule has 0 aliphatic carbocycles. The second-order valence-corrected chi connectivity index (χ2v) is 5.36. The van der Waals surface area contributed by atoms with Gasteiger partial charge in [0.2, 0.25) is 0 Å². The van der Waals surface area contributed by atoms with Gasteiger partial charge in [0.25, 0.3) is 0 Å². The van der Waals surface area contributed by atoms with E-state index in [1.54, 1.807) is 0 Å². The third-order valence-corrected chi connectivity index (χ3v) is 4.00. The van der Waals surface area contributed by atoms with Crippen LogP contribution < -0.4 is 5.32 Å². The Hall–Kier alpha value is -1.38. The van der Waals surface area contributed by atoms with Gasteiger partial charge in [-0.3, -0.25) is 0 Å². The van der Waals surface area contributed by atoms with Gasteiger partial charge in [0.1, 0.15) is 0 Å². The van der Waals surface area contributed by atoms with Crippen LogP contribution in [-0.4, -0.2) is 31.1 Å². The van der Waals surface area contributed by atoms with Crippen LogP contribution in [0.25, 0.3) is 10.8 Å². The minimum absolute atomic E-state index is 0.967. The summed E-state index contributed by atoms with van der Waals surface area (Å²) < 4.78 is 0. The second-order valence-electron chi connectivity index (χ2n) is 5.36. The van der Waals surface area contributed by atoms with Crippen molar-refractivity contribution in [3.05, 3.63) is 48.0 Å². The fraction of sp³-hybridized carbons (Fsp3) is 0.412. The zero-order valence-corrected chi connectivity index (χ0v) is 11.4. The Balaban J connectivity index is 1.56. The van der Waals surface area contributed by atoms with Crippen molar-refractivity contribution in [3.8, 4) is 0 Å². The Kier molecular flexibility index (Phi) is 4.11. The predicted octanol–water partition coefficient (Wildman–Crippen LogP) is 3.03. The third kappa shape index (κ3) is 3.14. The first kappa shape index (κ1) is 12.6. The molecule has 1 aliphatic heterocycles. The van der Waals surface area contributed by atoms with Crippen molar-refractivity contribution in [3.63, 3.8) is 0 Å². The van der Waals surface area contributed by atoms with Crippen LogP contribution in [0.4, 0.5) is 0 Å². The first-order valence-electron chi connectivity index (χ1n) is 7.33. The van der Waals surface area contributed by atoms with Crippen molar-refractivity contribution in [1.82, 2.24) is 10.2 Å². The van der Waals surface area contributed by atoms with E-state index in [-0.39, 0.29) is 0 Å². The molecule has 0 atom stereocenters. The highest BCUT2D eigenvalue weighted by atomic mass is 15.1. The van der Waals surface area contributed by atoms with Crippen LogP contribution in [0.15, 0.2) is 42.5 Å². The van der Waals surface area contributed by atoms with Crippen molar-refractivity contribution in [2.45, 2.75) is 19.4 Å². The molecular formula is C17H22N2. The molecule has 1 saturated heterocycles. The molecule has 0 aromatic heterocycles. The summed E-state index contributed by atoms with van der Waals surface area (Å²) >= 11 is 0. The number of hydrogen-bond donors (Lipinski definition) is 1. The highest BCUT2D eigenvalue weighted by Crippen LogP contribution is 2.18. The van der Waals surface area contributed by atoms with E-state index in [1.165, 1.54) is 48.8 Å². The minimum atomic E-state index is 0.967. The number of benzene rings is 2. The van der Waals surface area contributed by atoms with E-state index in [2.05, 4.69) is 52.7 Å². The Morgan fingerprint density at radius 2 is 1.74 bits per heavy atom. The zero-order valence-electron chi connectivity index (χ0n) is 11.4. The first-order valence-corrected chi connectivity index (χ1v) is 7.33. The predicted molar refractivity (Wildman–Crippen MR) is 81.3 cm³/mol. The summed E-state index contributed by atoms with van der Waals surface area (Å²) in [5.74, 6) is 0. The first-order chi connectivity index (χ1) is 9.43. The molecule has 1 fully saturated rings. The summed E-state index contributed by atoms with van der Waals surface area (Å²) in [5.41, 5.74) is 1.40. The molecule has 0 bridgehead atoms. The summed E-state index contributed by atoms with van der Waals surface area (Å²) in [7, 11) is 0. The van der Waals surface area contributed by atoms with Crippen LogP contribution in [0.3, 0.4) is 0 Å². The summed E-state index contributed by atoms with van der Waals surface area (Å²) in [6.07, 6.45) is 2.76. The minimum Gasteiger partial charge on any atom is -0.311 e. The van der Waals surface area contributed by atoms with E-state index in [9.17, 15) is 0 Å². The molecule has 2 aromatic carbocycles. The highest BCUT2D eigenvalue weighted by Gasteiger charge is 2.10. The number of hydrogen-bond acceptors (Lipinski definition) is 2. The average Bonchev–Trinajstić information content (AvgIpc) is 2.97. The van der Waals surface area contributed by atoms with Gasteiger partial charge in [-0.1, -0.05) is 42.5 Å². The third-order valence-electron chi connectivity index (χ3n) is 4.00. The number of fused-ring (bicyclic) bond motifs is 1. The molecule has 2 nitrogen and oxygen atoms in total. The number of likely N-dealkylation sites (tertiary alicyclic amines) is 1. The molecule has 0 unspecified atom stereocenters. The Labute approximate surface area is 115 Å². The van der Waals surface area contributed by atoms with Crippen LogP contribution in [0.1, 0.15) is 18.4 Å². The monoisotopic (exact) mass is 254 g/mol. The zero-order chi connectivity index (χ0) is 12.9. The summed E-state index contributed by atoms with van der Waals surface area (Å²) in [4.78, 5) is 2.55. The molecule has 0 radical (unpaired) electrons. The van der Waals surface area contributed by atoms with Crippen molar-refractivity contribution in [1.29, 1.82) is 0 Å². The molecule has 1 N–H and O–H groups in total. The van der Waals surface area contributed by atoms with Crippen molar-refractivity contribution < 1.29 is 0 Å². The van der Waals surface area contributed by atoms with Gasteiger partial charge in [0, 0.05) is 19.6 Å². The van der Waals surface area contributed by atoms with Crippen molar-refractivity contribution in [2.75, 3.05) is 26.2 Å². The average molecular weight is 254 g/mol. The summed E-state index contributed by atoms with van der Waals surface area (Å²) in [6, 6.07) is 15.2. The van der Waals surface area contributed by atoms with E-state index in [1.807, 2.05) is 0 Å². The largest absolute Gasteiger partial charge is 0.311 e. The molecular weight excluding hydrogens is 232 g/mol. The van der Waals surface area contributed by atoms with E-state index in [4.69, 9.17) is 0 Å². The second kappa shape index (κ2) is 6.18. The van der Waals surface area contributed by atoms with Crippen LogP contribution in [0, 0.1) is 0 Å². The number of nitrogens with one attached hydrogen (secondary N) is 1. The van der Waals surface area contributed by atoms with Gasteiger partial charge < -0.3 is 10.2 Å². The molecule has 0 saturated carbocycles. The smallest absolute Gasteiger partial charge is 0.0212 e. The molecule has 100 valence electrons. The molecule has 3 rings (SSSR count). The van der Waals surface area contributed by atoms with Gasteiger partial charge in [-0.15, -0.1) is 0 Å². The topological polar surface area (TPSA) is 15.3 Å². The molecule has 2 heteroatoms. The number of rotatable bonds is 5. The van der Waals surface area contributed by atoms with E-state index < -0.39 is 0 Å². The van der Waals surface area contributed by atoms with Gasteiger partial charge in [-0.25, -0.2) is 0 Å². The van der Waals surface area contributed by atoms with Gasteiger partial charge in [0.15, 0.2) is 0 Å². The van der Waals surface area contributed by atoms with Crippen LogP contribution in [0.2, 0.25) is 0 Å². The van der Waals surface area contributed by atoms with Crippen LogP contribution in [-0.2, 0) is 6.54 Å². The normalized spacial score (nSPS) is 16.2. The fourth-order valence-electron chi connectivity index (χ4n) is 2.91. The molecule has 1 aliphatic rings. The van der Waals surface area contributed by atoms with E-state index >= 15 is 0 Å². The lowest BCUT2D eigenvalue weighted by Gasteiger charge is -2.15. The van der Waals surface area contributed by atoms with Gasteiger partial charge in [-0.2, -0.15) is 0 Å². The van der Waals surface area contributed by atoms with Gasteiger partial charge >= 0.3 is 0 Å². The summed E-state index contributed by atoms with van der Waals surface area (Å²) in [6.45, 7) is 5.81. The Morgan fingerprint density at radius 1 is 0.947 bits per heavy atom. The molecule has 0 spiro atoms. The fourth-order valence-corrected chi connectivity index (χ4v) is 2.91. The molecule has 2 aromatic rings. The Bertz CT molecular complexity index is 524. The Morgan fingerprint density at radius 3 is 2.63 bits per heavy atom. The van der Waals surface area contributed by atoms with E-state index in [0.717, 1.165) is 13.1 Å². The van der Waals surface area contributed by atoms with E-state index in [0.29, 0.717) is 0 Å². The van der Waals surface area contributed by atoms with Crippen LogP contribution in [0.5, 0.6) is 0 Å². The number of nitrogens with zero attached hydrogens (tertiary/aromatic N) is 1. The SMILES string of the molecule is c1ccc2c(CNCCN3CCCC3)cccc2c1. The lowest BCUT2D eigenvalue weighted by atomic mass is 10.0. The van der Waals surface area contributed by atoms with Crippen molar-refractivity contribution in [2.24, 2.45) is 0 Å².